The average molecular weight is 298 g/mol. The van der Waals surface area contributed by atoms with Crippen LogP contribution in [0.25, 0.3) is 0 Å². The molecule has 1 rings (SSSR count). The predicted molar refractivity (Wildman–Crippen MR) is 59.1 cm³/mol. The zero-order valence-corrected chi connectivity index (χ0v) is 9.60. The number of nitrogens with one attached hydrogen (secondary N) is 2. The van der Waals surface area contributed by atoms with E-state index in [4.69, 9.17) is 11.1 Å². The van der Waals surface area contributed by atoms with Crippen LogP contribution in [0.2, 0.25) is 0 Å². The molecular weight excluding hydrogens is 290 g/mol. The van der Waals surface area contributed by atoms with E-state index in [1.165, 1.54) is 0 Å². The number of benzene rings is 1. The van der Waals surface area contributed by atoms with Crippen LogP contribution in [-0.2, 0) is 12.4 Å². The lowest BCUT2D eigenvalue weighted by molar-refractivity contribution is -0.143. The molecule has 0 radical (unpaired) electrons. The third kappa shape index (κ3) is 3.87. The fourth-order valence-corrected chi connectivity index (χ4v) is 1.37. The zero-order valence-electron chi connectivity index (χ0n) is 9.60. The van der Waals surface area contributed by atoms with Crippen molar-refractivity contribution in [1.29, 1.82) is 5.41 Å². The summed E-state index contributed by atoms with van der Waals surface area (Å²) >= 11 is 0. The highest BCUT2D eigenvalue weighted by atomic mass is 19.4. The minimum atomic E-state index is -4.97. The molecule has 0 atom stereocenters. The van der Waals surface area contributed by atoms with Gasteiger partial charge in [0.05, 0.1) is 17.3 Å². The Bertz CT molecular complexity index is 499. The Kier molecular flexibility index (Phi) is 4.26. The van der Waals surface area contributed by atoms with Gasteiger partial charge in [-0.05, 0) is 12.1 Å². The van der Waals surface area contributed by atoms with Crippen molar-refractivity contribution in [3.8, 4) is 0 Å². The first-order valence-corrected chi connectivity index (χ1v) is 4.94. The largest absolute Gasteiger partial charge is 0.417 e. The van der Waals surface area contributed by atoms with Crippen LogP contribution >= 0.6 is 0 Å². The number of halogens is 6. The van der Waals surface area contributed by atoms with E-state index in [1.54, 1.807) is 5.43 Å². The molecule has 0 aliphatic carbocycles. The van der Waals surface area contributed by atoms with Crippen LogP contribution in [0.4, 0.5) is 26.3 Å². The van der Waals surface area contributed by atoms with Crippen LogP contribution < -0.4 is 11.2 Å². The highest BCUT2D eigenvalue weighted by Gasteiger charge is 2.39. The fraction of sp³-hybridized carbons (Fsp3) is 0.200. The summed E-state index contributed by atoms with van der Waals surface area (Å²) in [4.78, 5) is 0. The standard InChI is InChI=1S/C10H8F6N4/c11-9(12,13)6-2-1-3-7(10(14,15)16)5(6)4-19-20-8(17)18/h1-4H,(H4,17,18,20)/b19-4+. The number of nitrogens with two attached hydrogens (primary N) is 1. The Morgan fingerprint density at radius 1 is 1.10 bits per heavy atom. The van der Waals surface area contributed by atoms with Crippen molar-refractivity contribution in [2.75, 3.05) is 0 Å². The molecule has 1 aromatic carbocycles. The van der Waals surface area contributed by atoms with Crippen molar-refractivity contribution in [2.45, 2.75) is 12.4 Å². The van der Waals surface area contributed by atoms with Crippen LogP contribution in [-0.4, -0.2) is 12.2 Å². The van der Waals surface area contributed by atoms with Gasteiger partial charge in [-0.2, -0.15) is 31.4 Å². The Hall–Kier alpha value is -2.26. The highest BCUT2D eigenvalue weighted by Crippen LogP contribution is 2.38. The van der Waals surface area contributed by atoms with Gasteiger partial charge < -0.3 is 5.73 Å². The molecule has 0 unspecified atom stereocenters. The molecule has 20 heavy (non-hydrogen) atoms. The van der Waals surface area contributed by atoms with E-state index in [0.29, 0.717) is 24.4 Å². The van der Waals surface area contributed by atoms with Crippen molar-refractivity contribution < 1.29 is 26.3 Å². The normalized spacial score (nSPS) is 12.7. The monoisotopic (exact) mass is 298 g/mol. The van der Waals surface area contributed by atoms with E-state index >= 15 is 0 Å². The van der Waals surface area contributed by atoms with Gasteiger partial charge in [0.2, 0.25) is 5.96 Å². The van der Waals surface area contributed by atoms with Gasteiger partial charge in [-0.1, -0.05) is 6.07 Å². The molecular formula is C10H8F6N4. The van der Waals surface area contributed by atoms with Gasteiger partial charge in [-0.3, -0.25) is 5.41 Å². The quantitative estimate of drug-likeness (QED) is 0.340. The van der Waals surface area contributed by atoms with Crippen molar-refractivity contribution in [1.82, 2.24) is 5.43 Å². The molecule has 0 aliphatic heterocycles. The van der Waals surface area contributed by atoms with E-state index in [-0.39, 0.29) is 0 Å². The summed E-state index contributed by atoms with van der Waals surface area (Å²) in [5.41, 5.74) is 2.44. The number of hydrogen-bond donors (Lipinski definition) is 3. The van der Waals surface area contributed by atoms with Crippen LogP contribution in [0.15, 0.2) is 23.3 Å². The summed E-state index contributed by atoms with van der Waals surface area (Å²) < 4.78 is 76.1. The molecule has 0 heterocycles. The second kappa shape index (κ2) is 5.39. The lowest BCUT2D eigenvalue weighted by Gasteiger charge is -2.15. The number of guanidine groups is 1. The van der Waals surface area contributed by atoms with Gasteiger partial charge >= 0.3 is 12.4 Å². The van der Waals surface area contributed by atoms with Gasteiger partial charge in [0.15, 0.2) is 0 Å². The van der Waals surface area contributed by atoms with Crippen molar-refractivity contribution in [2.24, 2.45) is 10.8 Å². The average Bonchev–Trinajstić information content (AvgIpc) is 2.25. The molecule has 0 saturated carbocycles. The zero-order chi connectivity index (χ0) is 15.6. The van der Waals surface area contributed by atoms with Gasteiger partial charge in [0.1, 0.15) is 0 Å². The minimum Gasteiger partial charge on any atom is -0.369 e. The smallest absolute Gasteiger partial charge is 0.369 e. The predicted octanol–water partition coefficient (Wildman–Crippen LogP) is 2.54. The maximum Gasteiger partial charge on any atom is 0.417 e. The summed E-state index contributed by atoms with van der Waals surface area (Å²) in [6.45, 7) is 0. The fourth-order valence-electron chi connectivity index (χ4n) is 1.37. The van der Waals surface area contributed by atoms with E-state index in [0.717, 1.165) is 0 Å². The van der Waals surface area contributed by atoms with Crippen molar-refractivity contribution >= 4 is 12.2 Å². The molecule has 0 saturated heterocycles. The Balaban J connectivity index is 3.41. The Morgan fingerprint density at radius 3 is 1.90 bits per heavy atom. The first-order chi connectivity index (χ1) is 9.03. The number of hydrazone groups is 1. The molecule has 1 aromatic rings. The third-order valence-corrected chi connectivity index (χ3v) is 2.10. The Labute approximate surface area is 108 Å². The van der Waals surface area contributed by atoms with Crippen molar-refractivity contribution in [3.05, 3.63) is 34.9 Å². The second-order valence-corrected chi connectivity index (χ2v) is 3.55. The maximum absolute atomic E-state index is 12.7. The summed E-state index contributed by atoms with van der Waals surface area (Å²) in [5, 5.41) is 9.79. The molecule has 0 fully saturated rings. The molecule has 0 amide bonds. The summed E-state index contributed by atoms with van der Waals surface area (Å²) in [5.74, 6) is -0.723. The molecule has 4 N–H and O–H groups in total. The third-order valence-electron chi connectivity index (χ3n) is 2.10. The van der Waals surface area contributed by atoms with E-state index in [9.17, 15) is 26.3 Å². The molecule has 0 spiro atoms. The lowest BCUT2D eigenvalue weighted by atomic mass is 10.0. The van der Waals surface area contributed by atoms with E-state index in [2.05, 4.69) is 5.10 Å². The molecule has 0 aliphatic rings. The molecule has 4 nitrogen and oxygen atoms in total. The highest BCUT2D eigenvalue weighted by molar-refractivity contribution is 5.86. The van der Waals surface area contributed by atoms with E-state index < -0.39 is 35.0 Å². The molecule has 10 heteroatoms. The van der Waals surface area contributed by atoms with Crippen molar-refractivity contribution in [3.63, 3.8) is 0 Å². The van der Waals surface area contributed by atoms with Crippen LogP contribution in [0.5, 0.6) is 0 Å². The van der Waals surface area contributed by atoms with Gasteiger partial charge in [-0.15, -0.1) is 0 Å². The van der Waals surface area contributed by atoms with Crippen LogP contribution in [0.3, 0.4) is 0 Å². The van der Waals surface area contributed by atoms with Crippen LogP contribution in [0, 0.1) is 5.41 Å². The maximum atomic E-state index is 12.7. The molecule has 0 bridgehead atoms. The van der Waals surface area contributed by atoms with E-state index in [1.807, 2.05) is 0 Å². The SMILES string of the molecule is N=C(N)N/N=C/c1c(C(F)(F)F)cccc1C(F)(F)F. The van der Waals surface area contributed by atoms with Gasteiger partial charge in [0.25, 0.3) is 0 Å². The topological polar surface area (TPSA) is 74.3 Å². The van der Waals surface area contributed by atoms with Gasteiger partial charge in [-0.25, -0.2) is 5.43 Å². The number of nitrogens with zero attached hydrogens (tertiary/aromatic N) is 1. The number of alkyl halides is 6. The van der Waals surface area contributed by atoms with Crippen LogP contribution in [0.1, 0.15) is 16.7 Å². The van der Waals surface area contributed by atoms with Gasteiger partial charge in [0, 0.05) is 5.56 Å². The first-order valence-electron chi connectivity index (χ1n) is 4.94. The first kappa shape index (κ1) is 15.8. The molecule has 110 valence electrons. The molecule has 0 aromatic heterocycles. The Morgan fingerprint density at radius 2 is 1.55 bits per heavy atom. The summed E-state index contributed by atoms with van der Waals surface area (Å²) in [7, 11) is 0. The summed E-state index contributed by atoms with van der Waals surface area (Å²) in [6.07, 6.45) is -9.62. The second-order valence-electron chi connectivity index (χ2n) is 3.55. The minimum absolute atomic E-state index is 0.326. The summed E-state index contributed by atoms with van der Waals surface area (Å²) in [6, 6.07) is 1.66. The number of rotatable bonds is 2. The lowest BCUT2D eigenvalue weighted by Crippen LogP contribution is -2.26. The number of hydrogen-bond acceptors (Lipinski definition) is 2.